The normalized spacial score (nSPS) is 16.8. The number of amides is 1. The van der Waals surface area contributed by atoms with Crippen LogP contribution in [0, 0.1) is 0 Å². The molecule has 0 heterocycles. The van der Waals surface area contributed by atoms with Gasteiger partial charge in [-0.15, -0.1) is 0 Å². The Balaban J connectivity index is 1.69. The third-order valence-electron chi connectivity index (χ3n) is 4.16. The first-order chi connectivity index (χ1) is 10.6. The van der Waals surface area contributed by atoms with Gasteiger partial charge in [0.25, 0.3) is 0 Å². The van der Waals surface area contributed by atoms with Gasteiger partial charge in [0.1, 0.15) is 0 Å². The highest BCUT2D eigenvalue weighted by atomic mass is 16.1. The van der Waals surface area contributed by atoms with E-state index in [2.05, 4.69) is 5.32 Å². The van der Waals surface area contributed by atoms with Crippen LogP contribution >= 0.6 is 0 Å². The topological polar surface area (TPSA) is 81.1 Å². The molecule has 0 aromatic heterocycles. The lowest BCUT2D eigenvalue weighted by molar-refractivity contribution is -0.121. The van der Waals surface area contributed by atoms with Gasteiger partial charge in [-0.1, -0.05) is 18.2 Å². The quantitative estimate of drug-likeness (QED) is 0.761. The Morgan fingerprint density at radius 2 is 1.82 bits per heavy atom. The van der Waals surface area contributed by atoms with Crippen LogP contribution in [0.1, 0.15) is 35.6 Å². The minimum atomic E-state index is 0.0412. The van der Waals surface area contributed by atoms with E-state index in [0.717, 1.165) is 30.5 Å². The number of anilines is 2. The maximum atomic E-state index is 12.3. The third kappa shape index (κ3) is 3.22. The lowest BCUT2D eigenvalue weighted by Gasteiger charge is -2.26. The number of hydrogen-bond donors (Lipinski definition) is 3. The number of rotatable bonds is 3. The molecule has 5 N–H and O–H groups in total. The highest BCUT2D eigenvalue weighted by Gasteiger charge is 2.21. The second-order valence-electron chi connectivity index (χ2n) is 5.89. The van der Waals surface area contributed by atoms with Crippen LogP contribution < -0.4 is 16.8 Å². The summed E-state index contributed by atoms with van der Waals surface area (Å²) in [5.74, 6) is 0.0412. The molecule has 0 spiro atoms. The Kier molecular flexibility index (Phi) is 4.00. The molecular weight excluding hydrogens is 274 g/mol. The molecule has 1 aliphatic rings. The van der Waals surface area contributed by atoms with Crippen molar-refractivity contribution in [3.8, 4) is 0 Å². The monoisotopic (exact) mass is 295 g/mol. The van der Waals surface area contributed by atoms with Gasteiger partial charge in [-0.25, -0.2) is 0 Å². The summed E-state index contributed by atoms with van der Waals surface area (Å²) in [5, 5.41) is 3.15. The predicted molar refractivity (Wildman–Crippen MR) is 89.2 cm³/mol. The van der Waals surface area contributed by atoms with Gasteiger partial charge in [-0.2, -0.15) is 0 Å². The molecule has 0 saturated carbocycles. The van der Waals surface area contributed by atoms with Gasteiger partial charge in [-0.05, 0) is 60.2 Å². The van der Waals surface area contributed by atoms with Gasteiger partial charge in [0.2, 0.25) is 5.91 Å². The second kappa shape index (κ2) is 6.10. The molecule has 0 radical (unpaired) electrons. The Morgan fingerprint density at radius 3 is 2.59 bits per heavy atom. The van der Waals surface area contributed by atoms with E-state index < -0.39 is 0 Å². The van der Waals surface area contributed by atoms with Crippen molar-refractivity contribution in [1.29, 1.82) is 0 Å². The minimum Gasteiger partial charge on any atom is -0.399 e. The standard InChI is InChI=1S/C18H21N3O/c19-14-6-4-12(5-7-14)10-18(22)21-17-3-1-2-13-11-15(20)8-9-16(13)17/h4-9,11,17H,1-3,10,19-20H2,(H,21,22). The van der Waals surface area contributed by atoms with Crippen LogP contribution in [-0.4, -0.2) is 5.91 Å². The average molecular weight is 295 g/mol. The number of benzene rings is 2. The molecule has 0 bridgehead atoms. The Hall–Kier alpha value is -2.49. The van der Waals surface area contributed by atoms with Crippen LogP contribution in [0.25, 0.3) is 0 Å². The molecule has 4 heteroatoms. The van der Waals surface area contributed by atoms with Crippen molar-refractivity contribution >= 4 is 17.3 Å². The number of nitrogens with one attached hydrogen (secondary N) is 1. The third-order valence-corrected chi connectivity index (χ3v) is 4.16. The van der Waals surface area contributed by atoms with Gasteiger partial charge in [0.05, 0.1) is 12.5 Å². The molecule has 2 aromatic rings. The van der Waals surface area contributed by atoms with Crippen molar-refractivity contribution in [2.45, 2.75) is 31.7 Å². The van der Waals surface area contributed by atoms with E-state index in [0.29, 0.717) is 12.1 Å². The van der Waals surface area contributed by atoms with Crippen LogP contribution in [0.4, 0.5) is 11.4 Å². The van der Waals surface area contributed by atoms with Gasteiger partial charge < -0.3 is 16.8 Å². The van der Waals surface area contributed by atoms with Crippen LogP contribution in [0.3, 0.4) is 0 Å². The fourth-order valence-corrected chi connectivity index (χ4v) is 3.05. The van der Waals surface area contributed by atoms with E-state index in [4.69, 9.17) is 11.5 Å². The van der Waals surface area contributed by atoms with E-state index in [-0.39, 0.29) is 11.9 Å². The smallest absolute Gasteiger partial charge is 0.224 e. The summed E-state index contributed by atoms with van der Waals surface area (Å²) in [6.07, 6.45) is 3.46. The van der Waals surface area contributed by atoms with Gasteiger partial charge in [-0.3, -0.25) is 4.79 Å². The largest absolute Gasteiger partial charge is 0.399 e. The molecule has 3 rings (SSSR count). The maximum absolute atomic E-state index is 12.3. The van der Waals surface area contributed by atoms with E-state index in [1.165, 1.54) is 11.1 Å². The molecule has 0 saturated heterocycles. The molecule has 1 aliphatic carbocycles. The van der Waals surface area contributed by atoms with E-state index in [9.17, 15) is 4.79 Å². The molecule has 0 aliphatic heterocycles. The van der Waals surface area contributed by atoms with Crippen LogP contribution in [0.2, 0.25) is 0 Å². The summed E-state index contributed by atoms with van der Waals surface area (Å²) in [6, 6.07) is 13.5. The number of nitrogen functional groups attached to an aromatic ring is 2. The maximum Gasteiger partial charge on any atom is 0.224 e. The first-order valence-corrected chi connectivity index (χ1v) is 7.64. The highest BCUT2D eigenvalue weighted by molar-refractivity contribution is 5.79. The van der Waals surface area contributed by atoms with Gasteiger partial charge >= 0.3 is 0 Å². The molecular formula is C18H21N3O. The van der Waals surface area contributed by atoms with Crippen molar-refractivity contribution in [2.75, 3.05) is 11.5 Å². The summed E-state index contributed by atoms with van der Waals surface area (Å²) in [4.78, 5) is 12.3. The molecule has 1 unspecified atom stereocenters. The molecule has 1 atom stereocenters. The second-order valence-corrected chi connectivity index (χ2v) is 5.89. The lowest BCUT2D eigenvalue weighted by atomic mass is 9.87. The first-order valence-electron chi connectivity index (χ1n) is 7.64. The van der Waals surface area contributed by atoms with Gasteiger partial charge in [0.15, 0.2) is 0 Å². The number of nitrogens with two attached hydrogens (primary N) is 2. The zero-order valence-electron chi connectivity index (χ0n) is 12.5. The highest BCUT2D eigenvalue weighted by Crippen LogP contribution is 2.31. The first kappa shape index (κ1) is 14.4. The van der Waals surface area contributed by atoms with E-state index in [1.54, 1.807) is 0 Å². The van der Waals surface area contributed by atoms with Crippen LogP contribution in [-0.2, 0) is 17.6 Å². The summed E-state index contributed by atoms with van der Waals surface area (Å²) >= 11 is 0. The van der Waals surface area contributed by atoms with E-state index >= 15 is 0 Å². The van der Waals surface area contributed by atoms with E-state index in [1.807, 2.05) is 42.5 Å². The SMILES string of the molecule is Nc1ccc(CC(=O)NC2CCCc3cc(N)ccc32)cc1. The Morgan fingerprint density at radius 1 is 1.09 bits per heavy atom. The molecule has 1 amide bonds. The number of hydrogen-bond acceptors (Lipinski definition) is 3. The lowest BCUT2D eigenvalue weighted by Crippen LogP contribution is -2.32. The average Bonchev–Trinajstić information content (AvgIpc) is 2.49. The van der Waals surface area contributed by atoms with Crippen LogP contribution in [0.5, 0.6) is 0 Å². The zero-order valence-corrected chi connectivity index (χ0v) is 12.5. The van der Waals surface area contributed by atoms with Crippen molar-refractivity contribution in [3.05, 3.63) is 59.2 Å². The fraction of sp³-hybridized carbons (Fsp3) is 0.278. The fourth-order valence-electron chi connectivity index (χ4n) is 3.05. The van der Waals surface area contributed by atoms with Gasteiger partial charge in [0, 0.05) is 11.4 Å². The van der Waals surface area contributed by atoms with Crippen molar-refractivity contribution < 1.29 is 4.79 Å². The molecule has 2 aromatic carbocycles. The molecule has 0 fully saturated rings. The zero-order chi connectivity index (χ0) is 15.5. The van der Waals surface area contributed by atoms with Crippen molar-refractivity contribution in [3.63, 3.8) is 0 Å². The number of carbonyl (C=O) groups excluding carboxylic acids is 1. The number of fused-ring (bicyclic) bond motifs is 1. The molecule has 4 nitrogen and oxygen atoms in total. The Bertz CT molecular complexity index is 679. The summed E-state index contributed by atoms with van der Waals surface area (Å²) in [6.45, 7) is 0. The molecule has 22 heavy (non-hydrogen) atoms. The van der Waals surface area contributed by atoms with Crippen molar-refractivity contribution in [1.82, 2.24) is 5.32 Å². The predicted octanol–water partition coefficient (Wildman–Crippen LogP) is 2.59. The number of carbonyl (C=O) groups is 1. The summed E-state index contributed by atoms with van der Waals surface area (Å²) < 4.78 is 0. The molecule has 114 valence electrons. The number of aryl methyl sites for hydroxylation is 1. The van der Waals surface area contributed by atoms with Crippen molar-refractivity contribution in [2.24, 2.45) is 0 Å². The minimum absolute atomic E-state index is 0.0412. The Labute approximate surface area is 130 Å². The summed E-state index contributed by atoms with van der Waals surface area (Å²) in [7, 11) is 0. The summed E-state index contributed by atoms with van der Waals surface area (Å²) in [5.41, 5.74) is 16.4. The van der Waals surface area contributed by atoms with Crippen LogP contribution in [0.15, 0.2) is 42.5 Å².